The number of benzene rings is 2. The third-order valence-electron chi connectivity index (χ3n) is 4.76. The van der Waals surface area contributed by atoms with Crippen molar-refractivity contribution >= 4 is 34.3 Å². The summed E-state index contributed by atoms with van der Waals surface area (Å²) >= 11 is 1.56. The molecule has 1 N–H and O–H groups in total. The molecule has 0 aliphatic rings. The van der Waals surface area contributed by atoms with Crippen LogP contribution < -0.4 is 5.32 Å². The highest BCUT2D eigenvalue weighted by Crippen LogP contribution is 2.26. The molecule has 5 rings (SSSR count). The average molecular weight is 442 g/mol. The van der Waals surface area contributed by atoms with Crippen molar-refractivity contribution in [2.45, 2.75) is 0 Å². The highest BCUT2D eigenvalue weighted by molar-refractivity contribution is 7.13. The molecule has 9 nitrogen and oxygen atoms in total. The molecule has 0 radical (unpaired) electrons. The van der Waals surface area contributed by atoms with E-state index in [1.165, 1.54) is 24.3 Å². The van der Waals surface area contributed by atoms with E-state index in [9.17, 15) is 14.9 Å². The molecular formula is C22H14N6O3S. The molecule has 10 heteroatoms. The first-order valence-corrected chi connectivity index (χ1v) is 10.4. The minimum absolute atomic E-state index is 0.0686. The van der Waals surface area contributed by atoms with Gasteiger partial charge in [-0.25, -0.2) is 0 Å². The number of non-ortho nitro benzene ring substituents is 1. The van der Waals surface area contributed by atoms with Crippen molar-refractivity contribution in [2.24, 2.45) is 0 Å². The molecule has 0 aliphatic heterocycles. The number of amides is 1. The number of aromatic nitrogens is 4. The monoisotopic (exact) mass is 442 g/mol. The Hall–Kier alpha value is -4.44. The van der Waals surface area contributed by atoms with Crippen LogP contribution in [0.25, 0.3) is 27.6 Å². The summed E-state index contributed by atoms with van der Waals surface area (Å²) in [5.41, 5.74) is 2.97. The van der Waals surface area contributed by atoms with E-state index in [1.54, 1.807) is 21.9 Å². The summed E-state index contributed by atoms with van der Waals surface area (Å²) in [5, 5.41) is 28.7. The Morgan fingerprint density at radius 3 is 2.59 bits per heavy atom. The predicted molar refractivity (Wildman–Crippen MR) is 121 cm³/mol. The molecular weight excluding hydrogens is 428 g/mol. The van der Waals surface area contributed by atoms with Crippen molar-refractivity contribution < 1.29 is 9.72 Å². The van der Waals surface area contributed by atoms with Crippen LogP contribution in [0.1, 0.15) is 10.4 Å². The summed E-state index contributed by atoms with van der Waals surface area (Å²) in [5.74, 6) is 0.304. The lowest BCUT2D eigenvalue weighted by Crippen LogP contribution is -2.11. The fourth-order valence-electron chi connectivity index (χ4n) is 3.20. The van der Waals surface area contributed by atoms with E-state index < -0.39 is 4.92 Å². The van der Waals surface area contributed by atoms with Crippen LogP contribution in [-0.4, -0.2) is 30.6 Å². The number of nitrogens with zero attached hydrogens (tertiary/aromatic N) is 5. The minimum atomic E-state index is -0.505. The van der Waals surface area contributed by atoms with Crippen LogP contribution in [0.15, 0.2) is 78.2 Å². The van der Waals surface area contributed by atoms with Gasteiger partial charge in [0.25, 0.3) is 11.6 Å². The fraction of sp³-hybridized carbons (Fsp3) is 0. The van der Waals surface area contributed by atoms with Gasteiger partial charge in [0.05, 0.1) is 15.5 Å². The maximum absolute atomic E-state index is 12.5. The quantitative estimate of drug-likeness (QED) is 0.312. The van der Waals surface area contributed by atoms with Gasteiger partial charge < -0.3 is 5.32 Å². The summed E-state index contributed by atoms with van der Waals surface area (Å²) in [6, 6.07) is 20.3. The maximum atomic E-state index is 12.5. The molecule has 0 spiro atoms. The van der Waals surface area contributed by atoms with Gasteiger partial charge in [-0.05, 0) is 47.8 Å². The second-order valence-corrected chi connectivity index (χ2v) is 7.78. The smallest absolute Gasteiger partial charge is 0.269 e. The van der Waals surface area contributed by atoms with Gasteiger partial charge in [-0.15, -0.1) is 21.5 Å². The van der Waals surface area contributed by atoms with Crippen molar-refractivity contribution in [1.29, 1.82) is 0 Å². The first kappa shape index (κ1) is 19.5. The lowest BCUT2D eigenvalue weighted by molar-refractivity contribution is -0.384. The first-order valence-electron chi connectivity index (χ1n) is 9.51. The van der Waals surface area contributed by atoms with E-state index >= 15 is 0 Å². The number of carbonyl (C=O) groups excluding carboxylic acids is 1. The molecule has 156 valence electrons. The molecule has 0 atom stereocenters. The Balaban J connectivity index is 1.42. The number of rotatable bonds is 5. The van der Waals surface area contributed by atoms with Gasteiger partial charge in [0, 0.05) is 28.9 Å². The van der Waals surface area contributed by atoms with Crippen LogP contribution in [0.2, 0.25) is 0 Å². The molecule has 1 amide bonds. The molecule has 0 saturated heterocycles. The Bertz CT molecular complexity index is 1440. The highest BCUT2D eigenvalue weighted by atomic mass is 32.1. The average Bonchev–Trinajstić information content (AvgIpc) is 3.48. The maximum Gasteiger partial charge on any atom is 0.269 e. The minimum Gasteiger partial charge on any atom is -0.322 e. The number of nitro groups is 1. The summed E-state index contributed by atoms with van der Waals surface area (Å²) in [7, 11) is 0. The van der Waals surface area contributed by atoms with Gasteiger partial charge in [-0.3, -0.25) is 14.9 Å². The van der Waals surface area contributed by atoms with Gasteiger partial charge in [0.2, 0.25) is 0 Å². The van der Waals surface area contributed by atoms with Crippen LogP contribution in [0.4, 0.5) is 11.4 Å². The zero-order valence-electron chi connectivity index (χ0n) is 16.4. The van der Waals surface area contributed by atoms with Crippen molar-refractivity contribution in [3.63, 3.8) is 0 Å². The third kappa shape index (κ3) is 3.70. The number of hydrogen-bond donors (Lipinski definition) is 1. The Kier molecular flexibility index (Phi) is 4.88. The van der Waals surface area contributed by atoms with Gasteiger partial charge in [-0.2, -0.15) is 9.61 Å². The molecule has 3 aromatic heterocycles. The van der Waals surface area contributed by atoms with E-state index in [2.05, 4.69) is 20.6 Å². The van der Waals surface area contributed by atoms with E-state index in [0.717, 1.165) is 10.4 Å². The summed E-state index contributed by atoms with van der Waals surface area (Å²) in [6.45, 7) is 0. The molecule has 0 unspecified atom stereocenters. The molecule has 2 aromatic carbocycles. The van der Waals surface area contributed by atoms with Gasteiger partial charge in [-0.1, -0.05) is 18.2 Å². The second-order valence-electron chi connectivity index (χ2n) is 6.83. The normalized spacial score (nSPS) is 10.9. The number of hydrogen-bond acceptors (Lipinski definition) is 7. The summed E-state index contributed by atoms with van der Waals surface area (Å²) < 4.78 is 1.70. The third-order valence-corrected chi connectivity index (χ3v) is 5.63. The SMILES string of the molecule is O=C(Nc1cccc(-c2ccc3nnc(-c4cccs4)n3n2)c1)c1ccc([N+](=O)[O-])cc1. The summed E-state index contributed by atoms with van der Waals surface area (Å²) in [4.78, 5) is 23.8. The Morgan fingerprint density at radius 1 is 1.00 bits per heavy atom. The molecule has 32 heavy (non-hydrogen) atoms. The molecule has 0 fully saturated rings. The van der Waals surface area contributed by atoms with E-state index in [4.69, 9.17) is 0 Å². The zero-order chi connectivity index (χ0) is 22.1. The fourth-order valence-corrected chi connectivity index (χ4v) is 3.89. The number of nitro benzene ring substituents is 1. The van der Waals surface area contributed by atoms with Gasteiger partial charge >= 0.3 is 0 Å². The molecule has 3 heterocycles. The van der Waals surface area contributed by atoms with Crippen LogP contribution in [-0.2, 0) is 0 Å². The number of carbonyl (C=O) groups is 1. The molecule has 0 bridgehead atoms. The molecule has 0 saturated carbocycles. The van der Waals surface area contributed by atoms with E-state index in [1.807, 2.05) is 47.8 Å². The number of anilines is 1. The van der Waals surface area contributed by atoms with Gasteiger partial charge in [0.15, 0.2) is 11.5 Å². The molecule has 0 aliphatic carbocycles. The summed E-state index contributed by atoms with van der Waals surface area (Å²) in [6.07, 6.45) is 0. The number of nitrogens with one attached hydrogen (secondary N) is 1. The highest BCUT2D eigenvalue weighted by Gasteiger charge is 2.13. The molecule has 5 aromatic rings. The van der Waals surface area contributed by atoms with Crippen LogP contribution >= 0.6 is 11.3 Å². The Labute approximate surface area is 185 Å². The standard InChI is InChI=1S/C22H14N6O3S/c29-22(14-6-8-17(9-7-14)28(30)31)23-16-4-1-3-15(13-16)18-10-11-20-24-25-21(27(20)26-18)19-5-2-12-32-19/h1-13H,(H,23,29). The topological polar surface area (TPSA) is 115 Å². The van der Waals surface area contributed by atoms with Crippen LogP contribution in [0.5, 0.6) is 0 Å². The lowest BCUT2D eigenvalue weighted by Gasteiger charge is -2.08. The largest absolute Gasteiger partial charge is 0.322 e. The number of thiophene rings is 1. The van der Waals surface area contributed by atoms with E-state index in [0.29, 0.717) is 28.4 Å². The van der Waals surface area contributed by atoms with E-state index in [-0.39, 0.29) is 11.6 Å². The van der Waals surface area contributed by atoms with Crippen molar-refractivity contribution in [2.75, 3.05) is 5.32 Å². The lowest BCUT2D eigenvalue weighted by atomic mass is 10.1. The van der Waals surface area contributed by atoms with Crippen LogP contribution in [0.3, 0.4) is 0 Å². The van der Waals surface area contributed by atoms with Crippen molar-refractivity contribution in [3.8, 4) is 22.0 Å². The predicted octanol–water partition coefficient (Wildman–Crippen LogP) is 4.68. The Morgan fingerprint density at radius 2 is 1.84 bits per heavy atom. The second kappa shape index (κ2) is 8.00. The van der Waals surface area contributed by atoms with Gasteiger partial charge in [0.1, 0.15) is 0 Å². The number of fused-ring (bicyclic) bond motifs is 1. The van der Waals surface area contributed by atoms with Crippen LogP contribution in [0, 0.1) is 10.1 Å². The van der Waals surface area contributed by atoms with Crippen molar-refractivity contribution in [1.82, 2.24) is 19.8 Å². The zero-order valence-corrected chi connectivity index (χ0v) is 17.2. The van der Waals surface area contributed by atoms with Crippen molar-refractivity contribution in [3.05, 3.63) is 93.9 Å². The first-order chi connectivity index (χ1) is 15.6.